The maximum Gasteiger partial charge on any atom is 0.223 e. The minimum absolute atomic E-state index is 0.212. The molecular weight excluding hydrogens is 234 g/mol. The van der Waals surface area contributed by atoms with Gasteiger partial charge in [0.1, 0.15) is 0 Å². The van der Waals surface area contributed by atoms with E-state index in [1.54, 1.807) is 0 Å². The number of alkyl halides is 1. The predicted molar refractivity (Wildman–Crippen MR) is 73.4 cm³/mol. The van der Waals surface area contributed by atoms with Crippen molar-refractivity contribution in [3.63, 3.8) is 0 Å². The molecule has 1 atom stereocenters. The largest absolute Gasteiger partial charge is 0.350 e. The Morgan fingerprint density at radius 2 is 1.76 bits per heavy atom. The Morgan fingerprint density at radius 3 is 2.24 bits per heavy atom. The summed E-state index contributed by atoms with van der Waals surface area (Å²) in [6.07, 6.45) is 9.28. The zero-order chi connectivity index (χ0) is 12.7. The number of nitrogens with one attached hydrogen (secondary N) is 1. The number of rotatable bonds is 4. The Morgan fingerprint density at radius 1 is 1.24 bits per heavy atom. The first-order chi connectivity index (χ1) is 8.11. The third kappa shape index (κ3) is 4.87. The van der Waals surface area contributed by atoms with Crippen LogP contribution in [-0.2, 0) is 4.79 Å². The van der Waals surface area contributed by atoms with E-state index >= 15 is 0 Å². The fourth-order valence-electron chi connectivity index (χ4n) is 2.33. The second-order valence-electron chi connectivity index (χ2n) is 5.58. The van der Waals surface area contributed by atoms with E-state index in [1.807, 2.05) is 6.92 Å². The molecule has 17 heavy (non-hydrogen) atoms. The van der Waals surface area contributed by atoms with Gasteiger partial charge >= 0.3 is 0 Å². The van der Waals surface area contributed by atoms with Gasteiger partial charge in [0.25, 0.3) is 0 Å². The third-order valence-electron chi connectivity index (χ3n) is 3.98. The molecule has 0 aliphatic heterocycles. The molecule has 0 heterocycles. The minimum atomic E-state index is -0.235. The van der Waals surface area contributed by atoms with Crippen LogP contribution in [0.15, 0.2) is 0 Å². The van der Waals surface area contributed by atoms with Crippen molar-refractivity contribution in [1.82, 2.24) is 5.32 Å². The van der Waals surface area contributed by atoms with E-state index in [4.69, 9.17) is 11.6 Å². The topological polar surface area (TPSA) is 29.1 Å². The molecule has 0 aromatic rings. The smallest absolute Gasteiger partial charge is 0.223 e. The van der Waals surface area contributed by atoms with E-state index in [1.165, 1.54) is 32.1 Å². The summed E-state index contributed by atoms with van der Waals surface area (Å²) in [4.78, 5) is 12.2. The molecule has 0 saturated heterocycles. The highest BCUT2D eigenvalue weighted by atomic mass is 35.5. The van der Waals surface area contributed by atoms with Crippen LogP contribution in [0.25, 0.3) is 0 Å². The van der Waals surface area contributed by atoms with Crippen LogP contribution < -0.4 is 5.32 Å². The molecule has 100 valence electrons. The fourth-order valence-corrected chi connectivity index (χ4v) is 2.59. The van der Waals surface area contributed by atoms with Crippen LogP contribution in [0.5, 0.6) is 0 Å². The maximum absolute atomic E-state index is 12.2. The average molecular weight is 260 g/mol. The van der Waals surface area contributed by atoms with Gasteiger partial charge in [-0.05, 0) is 26.2 Å². The number of hydrogen-bond acceptors (Lipinski definition) is 1. The lowest BCUT2D eigenvalue weighted by atomic mass is 9.89. The van der Waals surface area contributed by atoms with E-state index in [0.717, 1.165) is 19.3 Å². The van der Waals surface area contributed by atoms with Crippen molar-refractivity contribution in [3.8, 4) is 0 Å². The Kier molecular flexibility index (Phi) is 6.32. The van der Waals surface area contributed by atoms with Crippen LogP contribution in [0.2, 0.25) is 0 Å². The van der Waals surface area contributed by atoms with Crippen molar-refractivity contribution in [3.05, 3.63) is 0 Å². The summed E-state index contributed by atoms with van der Waals surface area (Å²) in [5.41, 5.74) is -0.235. The Hall–Kier alpha value is -0.240. The monoisotopic (exact) mass is 259 g/mol. The van der Waals surface area contributed by atoms with Crippen LogP contribution in [0, 0.1) is 5.92 Å². The summed E-state index contributed by atoms with van der Waals surface area (Å²) in [7, 11) is 0. The molecule has 0 aromatic heterocycles. The normalized spacial score (nSPS) is 22.3. The highest BCUT2D eigenvalue weighted by Crippen LogP contribution is 2.23. The van der Waals surface area contributed by atoms with Crippen molar-refractivity contribution in [2.75, 3.05) is 5.88 Å². The molecule has 1 amide bonds. The summed E-state index contributed by atoms with van der Waals surface area (Å²) in [6, 6.07) is 0. The van der Waals surface area contributed by atoms with Crippen LogP contribution in [-0.4, -0.2) is 17.3 Å². The van der Waals surface area contributed by atoms with Crippen molar-refractivity contribution >= 4 is 17.5 Å². The second kappa shape index (κ2) is 7.25. The SMILES string of the molecule is CCC(C)(CCl)NC(=O)C1CCCCCCC1. The molecule has 2 nitrogen and oxygen atoms in total. The zero-order valence-corrected chi connectivity index (χ0v) is 12.0. The first-order valence-corrected chi connectivity index (χ1v) is 7.53. The number of carbonyl (C=O) groups excluding carboxylic acids is 1. The standard InChI is InChI=1S/C14H26ClNO/c1-3-14(2,11-15)16-13(17)12-9-7-5-4-6-8-10-12/h12H,3-11H2,1-2H3,(H,16,17). The molecule has 0 radical (unpaired) electrons. The average Bonchev–Trinajstić information content (AvgIpc) is 2.28. The van der Waals surface area contributed by atoms with Gasteiger partial charge in [-0.1, -0.05) is 39.0 Å². The highest BCUT2D eigenvalue weighted by molar-refractivity contribution is 6.18. The lowest BCUT2D eigenvalue weighted by molar-refractivity contribution is -0.127. The summed E-state index contributed by atoms with van der Waals surface area (Å²) >= 11 is 5.94. The van der Waals surface area contributed by atoms with Gasteiger partial charge in [0, 0.05) is 11.8 Å². The highest BCUT2D eigenvalue weighted by Gasteiger charge is 2.27. The van der Waals surface area contributed by atoms with Crippen LogP contribution in [0.4, 0.5) is 0 Å². The second-order valence-corrected chi connectivity index (χ2v) is 5.85. The number of halogens is 1. The summed E-state index contributed by atoms with van der Waals surface area (Å²) in [5.74, 6) is 0.920. The van der Waals surface area contributed by atoms with Gasteiger partial charge in [-0.25, -0.2) is 0 Å². The first kappa shape index (κ1) is 14.8. The number of amides is 1. The third-order valence-corrected chi connectivity index (χ3v) is 4.57. The summed E-state index contributed by atoms with van der Waals surface area (Å²) in [6.45, 7) is 4.10. The van der Waals surface area contributed by atoms with E-state index in [0.29, 0.717) is 5.88 Å². The number of hydrogen-bond donors (Lipinski definition) is 1. The van der Waals surface area contributed by atoms with Crippen LogP contribution in [0.1, 0.15) is 65.2 Å². The lowest BCUT2D eigenvalue weighted by Gasteiger charge is -2.30. The summed E-state index contributed by atoms with van der Waals surface area (Å²) in [5, 5.41) is 3.14. The van der Waals surface area contributed by atoms with Gasteiger partial charge in [-0.3, -0.25) is 4.79 Å². The lowest BCUT2D eigenvalue weighted by Crippen LogP contribution is -2.49. The predicted octanol–water partition coefficient (Wildman–Crippen LogP) is 3.87. The van der Waals surface area contributed by atoms with E-state index in [9.17, 15) is 4.79 Å². The van der Waals surface area contributed by atoms with E-state index < -0.39 is 0 Å². The van der Waals surface area contributed by atoms with Gasteiger partial charge in [0.2, 0.25) is 5.91 Å². The molecule has 1 fully saturated rings. The fraction of sp³-hybridized carbons (Fsp3) is 0.929. The molecule has 1 rings (SSSR count). The molecule has 3 heteroatoms. The molecule has 0 aromatic carbocycles. The molecule has 1 saturated carbocycles. The van der Waals surface area contributed by atoms with Crippen molar-refractivity contribution in [1.29, 1.82) is 0 Å². The van der Waals surface area contributed by atoms with Gasteiger partial charge in [0.05, 0.1) is 5.54 Å². The molecule has 0 spiro atoms. The molecule has 1 aliphatic carbocycles. The molecule has 1 aliphatic rings. The van der Waals surface area contributed by atoms with Crippen molar-refractivity contribution < 1.29 is 4.79 Å². The van der Waals surface area contributed by atoms with Gasteiger partial charge in [-0.2, -0.15) is 0 Å². The Labute approximate surface area is 110 Å². The van der Waals surface area contributed by atoms with E-state index in [-0.39, 0.29) is 17.4 Å². The van der Waals surface area contributed by atoms with Crippen LogP contribution >= 0.6 is 11.6 Å². The van der Waals surface area contributed by atoms with Gasteiger partial charge in [0.15, 0.2) is 0 Å². The first-order valence-electron chi connectivity index (χ1n) is 6.99. The number of carbonyl (C=O) groups is 1. The molecular formula is C14H26ClNO. The quantitative estimate of drug-likeness (QED) is 0.763. The molecule has 1 N–H and O–H groups in total. The van der Waals surface area contributed by atoms with Gasteiger partial charge in [-0.15, -0.1) is 11.6 Å². The zero-order valence-electron chi connectivity index (χ0n) is 11.2. The summed E-state index contributed by atoms with van der Waals surface area (Å²) < 4.78 is 0. The maximum atomic E-state index is 12.2. The minimum Gasteiger partial charge on any atom is -0.350 e. The van der Waals surface area contributed by atoms with Crippen LogP contribution in [0.3, 0.4) is 0 Å². The van der Waals surface area contributed by atoms with Crippen molar-refractivity contribution in [2.45, 2.75) is 70.8 Å². The van der Waals surface area contributed by atoms with E-state index in [2.05, 4.69) is 12.2 Å². The Bertz CT molecular complexity index is 230. The van der Waals surface area contributed by atoms with Gasteiger partial charge < -0.3 is 5.32 Å². The van der Waals surface area contributed by atoms with Crippen molar-refractivity contribution in [2.24, 2.45) is 5.92 Å². The molecule has 1 unspecified atom stereocenters. The Balaban J connectivity index is 2.49. The molecule has 0 bridgehead atoms.